The van der Waals surface area contributed by atoms with Crippen molar-refractivity contribution in [3.8, 4) is 17.0 Å². The second-order valence-electron chi connectivity index (χ2n) is 8.63. The third-order valence-electron chi connectivity index (χ3n) is 6.39. The summed E-state index contributed by atoms with van der Waals surface area (Å²) >= 11 is 0. The van der Waals surface area contributed by atoms with Crippen molar-refractivity contribution < 1.29 is 19.1 Å². The van der Waals surface area contributed by atoms with Gasteiger partial charge in [0, 0.05) is 42.0 Å². The molecule has 0 aliphatic carbocycles. The van der Waals surface area contributed by atoms with Gasteiger partial charge in [0.25, 0.3) is 5.91 Å². The molecule has 10 nitrogen and oxygen atoms in total. The number of fused-ring (bicyclic) bond motifs is 1. The number of rotatable bonds is 5. The number of hydrogen-bond donors (Lipinski definition) is 2. The van der Waals surface area contributed by atoms with Gasteiger partial charge < -0.3 is 19.7 Å². The Morgan fingerprint density at radius 1 is 1.14 bits per heavy atom. The van der Waals surface area contributed by atoms with Crippen LogP contribution in [0.15, 0.2) is 42.7 Å². The Bertz CT molecular complexity index is 1410. The van der Waals surface area contributed by atoms with Gasteiger partial charge in [-0.3, -0.25) is 14.6 Å². The molecule has 0 bridgehead atoms. The molecule has 1 fully saturated rings. The number of benzene rings is 2. The molecule has 1 aliphatic heterocycles. The first-order chi connectivity index (χ1) is 16.9. The van der Waals surface area contributed by atoms with Crippen molar-refractivity contribution in [1.29, 1.82) is 0 Å². The van der Waals surface area contributed by atoms with Crippen LogP contribution in [0.1, 0.15) is 27.5 Å². The average molecular weight is 475 g/mol. The van der Waals surface area contributed by atoms with Gasteiger partial charge in [-0.15, -0.1) is 0 Å². The van der Waals surface area contributed by atoms with E-state index in [0.29, 0.717) is 30.1 Å². The highest BCUT2D eigenvalue weighted by Crippen LogP contribution is 2.33. The number of aromatic nitrogens is 4. The largest absolute Gasteiger partial charge is 0.496 e. The third kappa shape index (κ3) is 3.96. The van der Waals surface area contributed by atoms with E-state index in [0.717, 1.165) is 33.3 Å². The van der Waals surface area contributed by atoms with Crippen LogP contribution < -0.4 is 10.1 Å². The number of hydrogen-bond acceptors (Lipinski definition) is 6. The van der Waals surface area contributed by atoms with Gasteiger partial charge in [-0.05, 0) is 31.0 Å². The Hall–Kier alpha value is -4.34. The predicted molar refractivity (Wildman–Crippen MR) is 131 cm³/mol. The minimum absolute atomic E-state index is 0.0758. The summed E-state index contributed by atoms with van der Waals surface area (Å²) in [6.07, 6.45) is 3.29. The lowest BCUT2D eigenvalue weighted by Crippen LogP contribution is -2.50. The molecule has 0 atom stereocenters. The van der Waals surface area contributed by atoms with Gasteiger partial charge in [0.2, 0.25) is 0 Å². The van der Waals surface area contributed by atoms with Crippen LogP contribution in [0.2, 0.25) is 0 Å². The van der Waals surface area contributed by atoms with Gasteiger partial charge in [-0.2, -0.15) is 10.2 Å². The molecular weight excluding hydrogens is 448 g/mol. The highest BCUT2D eigenvalue weighted by Gasteiger charge is 2.33. The quantitative estimate of drug-likeness (QED) is 0.453. The molecule has 4 aromatic rings. The summed E-state index contributed by atoms with van der Waals surface area (Å²) in [6.45, 7) is 4.99. The van der Waals surface area contributed by atoms with E-state index in [1.807, 2.05) is 42.9 Å². The number of likely N-dealkylation sites (tertiary alicyclic amines) is 1. The van der Waals surface area contributed by atoms with Gasteiger partial charge in [0.05, 0.1) is 37.5 Å². The first-order valence-corrected chi connectivity index (χ1v) is 11.2. The zero-order valence-electron chi connectivity index (χ0n) is 20.0. The first-order valence-electron chi connectivity index (χ1n) is 11.2. The summed E-state index contributed by atoms with van der Waals surface area (Å²) in [7, 11) is 2.91. The van der Waals surface area contributed by atoms with E-state index in [4.69, 9.17) is 9.47 Å². The minimum atomic E-state index is -0.340. The number of aromatic amines is 1. The summed E-state index contributed by atoms with van der Waals surface area (Å²) in [5, 5.41) is 15.8. The molecule has 2 N–H and O–H groups in total. The minimum Gasteiger partial charge on any atom is -0.496 e. The molecule has 0 saturated carbocycles. The fraction of sp³-hybridized carbons (Fsp3) is 0.280. The average Bonchev–Trinajstić information content (AvgIpc) is 3.46. The molecular formula is C25H26N6O4. The Morgan fingerprint density at radius 3 is 2.57 bits per heavy atom. The van der Waals surface area contributed by atoms with Crippen LogP contribution in [0.5, 0.6) is 5.75 Å². The fourth-order valence-electron chi connectivity index (χ4n) is 4.36. The van der Waals surface area contributed by atoms with Crippen molar-refractivity contribution in [2.24, 2.45) is 0 Å². The molecule has 3 heterocycles. The van der Waals surface area contributed by atoms with Crippen molar-refractivity contribution >= 4 is 28.6 Å². The number of nitrogens with one attached hydrogen (secondary N) is 2. The molecule has 35 heavy (non-hydrogen) atoms. The standard InChI is InChI=1S/C25H26N6O4/c1-14-6-5-7-15(2)22(14)27-24(32)19-8-18-20(9-21(19)34-3)28-29-23(18)16-10-26-31(11-16)17-12-30(13-17)25(33)35-4/h5-11,17H,12-13H2,1-4H3,(H,27,32)(H,28,29). The van der Waals surface area contributed by atoms with E-state index in [9.17, 15) is 9.59 Å². The van der Waals surface area contributed by atoms with Crippen molar-refractivity contribution in [3.05, 3.63) is 59.4 Å². The number of methoxy groups -OCH3 is 2. The van der Waals surface area contributed by atoms with Gasteiger partial charge in [-0.1, -0.05) is 18.2 Å². The van der Waals surface area contributed by atoms with E-state index in [2.05, 4.69) is 20.6 Å². The van der Waals surface area contributed by atoms with Gasteiger partial charge >= 0.3 is 6.09 Å². The number of carbonyl (C=O) groups excluding carboxylic acids is 2. The zero-order chi connectivity index (χ0) is 24.7. The molecule has 2 amide bonds. The van der Waals surface area contributed by atoms with E-state index in [1.165, 1.54) is 14.2 Å². The number of nitrogens with zero attached hydrogens (tertiary/aromatic N) is 4. The monoisotopic (exact) mass is 474 g/mol. The Morgan fingerprint density at radius 2 is 1.89 bits per heavy atom. The highest BCUT2D eigenvalue weighted by atomic mass is 16.5. The molecule has 0 spiro atoms. The fourth-order valence-corrected chi connectivity index (χ4v) is 4.36. The lowest BCUT2D eigenvalue weighted by Gasteiger charge is -2.37. The molecule has 5 rings (SSSR count). The van der Waals surface area contributed by atoms with Gasteiger partial charge in [-0.25, -0.2) is 4.79 Å². The summed E-state index contributed by atoms with van der Waals surface area (Å²) in [5.41, 5.74) is 5.39. The third-order valence-corrected chi connectivity index (χ3v) is 6.39. The Labute approximate surface area is 201 Å². The maximum Gasteiger partial charge on any atom is 0.409 e. The smallest absolute Gasteiger partial charge is 0.409 e. The number of H-pyrrole nitrogens is 1. The SMILES string of the molecule is COC(=O)N1CC(n2cc(-c3n[nH]c4cc(OC)c(C(=O)Nc5c(C)cccc5C)cc34)cn2)C1. The zero-order valence-corrected chi connectivity index (χ0v) is 20.0. The van der Waals surface area contributed by atoms with Crippen LogP contribution in [-0.4, -0.2) is 64.2 Å². The molecule has 1 saturated heterocycles. The van der Waals surface area contributed by atoms with Crippen LogP contribution in [0.25, 0.3) is 22.2 Å². The number of para-hydroxylation sites is 1. The van der Waals surface area contributed by atoms with E-state index >= 15 is 0 Å². The maximum absolute atomic E-state index is 13.3. The summed E-state index contributed by atoms with van der Waals surface area (Å²) in [5.74, 6) is 0.186. The molecule has 2 aromatic heterocycles. The topological polar surface area (TPSA) is 114 Å². The molecule has 2 aromatic carbocycles. The van der Waals surface area contributed by atoms with E-state index in [-0.39, 0.29) is 18.0 Å². The number of aryl methyl sites for hydroxylation is 2. The summed E-state index contributed by atoms with van der Waals surface area (Å²) in [4.78, 5) is 26.5. The first kappa shape index (κ1) is 22.5. The molecule has 0 radical (unpaired) electrons. The van der Waals surface area contributed by atoms with Crippen molar-refractivity contribution in [3.63, 3.8) is 0 Å². The van der Waals surface area contributed by atoms with Gasteiger partial charge in [0.1, 0.15) is 11.4 Å². The second kappa shape index (κ2) is 8.79. The Balaban J connectivity index is 1.45. The summed E-state index contributed by atoms with van der Waals surface area (Å²) in [6, 6.07) is 9.52. The van der Waals surface area contributed by atoms with Crippen molar-refractivity contribution in [1.82, 2.24) is 24.9 Å². The molecule has 1 aliphatic rings. The molecule has 180 valence electrons. The number of amides is 2. The predicted octanol–water partition coefficient (Wildman–Crippen LogP) is 3.93. The van der Waals surface area contributed by atoms with E-state index < -0.39 is 0 Å². The van der Waals surface area contributed by atoms with Crippen LogP contribution in [0.3, 0.4) is 0 Å². The van der Waals surface area contributed by atoms with Crippen LogP contribution in [0.4, 0.5) is 10.5 Å². The van der Waals surface area contributed by atoms with Crippen LogP contribution in [-0.2, 0) is 4.74 Å². The van der Waals surface area contributed by atoms with Crippen LogP contribution >= 0.6 is 0 Å². The van der Waals surface area contributed by atoms with Gasteiger partial charge in [0.15, 0.2) is 0 Å². The number of anilines is 1. The summed E-state index contributed by atoms with van der Waals surface area (Å²) < 4.78 is 12.1. The Kier molecular flexibility index (Phi) is 5.64. The highest BCUT2D eigenvalue weighted by molar-refractivity contribution is 6.10. The maximum atomic E-state index is 13.3. The van der Waals surface area contributed by atoms with Crippen LogP contribution in [0, 0.1) is 13.8 Å². The van der Waals surface area contributed by atoms with Crippen molar-refractivity contribution in [2.75, 3.05) is 32.6 Å². The molecule has 0 unspecified atom stereocenters. The number of ether oxygens (including phenoxy) is 2. The molecule has 10 heteroatoms. The van der Waals surface area contributed by atoms with E-state index in [1.54, 1.807) is 23.2 Å². The van der Waals surface area contributed by atoms with Crippen molar-refractivity contribution in [2.45, 2.75) is 19.9 Å². The lowest BCUT2D eigenvalue weighted by molar-refractivity contribution is 0.0674. The number of carbonyl (C=O) groups is 2. The normalized spacial score (nSPS) is 13.5. The second-order valence-corrected chi connectivity index (χ2v) is 8.63. The lowest BCUT2D eigenvalue weighted by atomic mass is 10.0.